The summed E-state index contributed by atoms with van der Waals surface area (Å²) in [6.45, 7) is 4.22. The molecule has 1 amide bonds. The fourth-order valence-electron chi connectivity index (χ4n) is 4.73. The summed E-state index contributed by atoms with van der Waals surface area (Å²) in [6, 6.07) is 0. The zero-order valence-electron chi connectivity index (χ0n) is 24.0. The van der Waals surface area contributed by atoms with E-state index in [1.54, 1.807) is 0 Å². The molecule has 0 aromatic carbocycles. The van der Waals surface area contributed by atoms with Gasteiger partial charge in [-0.2, -0.15) is 0 Å². The van der Waals surface area contributed by atoms with Gasteiger partial charge in [0.15, 0.2) is 0 Å². The van der Waals surface area contributed by atoms with E-state index in [2.05, 4.69) is 24.4 Å². The van der Waals surface area contributed by atoms with Gasteiger partial charge in [0.2, 0.25) is 5.91 Å². The van der Waals surface area contributed by atoms with Gasteiger partial charge in [0, 0.05) is 12.8 Å². The first-order valence-corrected chi connectivity index (χ1v) is 14.7. The molecule has 0 heterocycles. The molecule has 0 radical (unpaired) electrons. The lowest BCUT2D eigenvalue weighted by Crippen LogP contribution is -2.71. The van der Waals surface area contributed by atoms with Crippen molar-refractivity contribution in [3.8, 4) is 0 Å². The SMILES string of the molecule is CCCCCCCC/C=C/CCCCCCCCCCCC(=O)NC(CCC)(C(=O)O)[N+](C)(C)C. The normalized spacial score (nSPS) is 13.7. The molecule has 0 aliphatic rings. The Morgan fingerprint density at radius 2 is 1.11 bits per heavy atom. The zero-order valence-corrected chi connectivity index (χ0v) is 24.0. The van der Waals surface area contributed by atoms with E-state index in [4.69, 9.17) is 0 Å². The van der Waals surface area contributed by atoms with Crippen molar-refractivity contribution in [2.75, 3.05) is 21.1 Å². The Bertz CT molecular complexity index is 568. The monoisotopic (exact) mass is 495 g/mol. The highest BCUT2D eigenvalue weighted by atomic mass is 16.4. The number of rotatable bonds is 24. The molecule has 0 saturated carbocycles. The minimum absolute atomic E-state index is 0.144. The van der Waals surface area contributed by atoms with Crippen LogP contribution in [0.1, 0.15) is 142 Å². The standard InChI is InChI=1S/C30H58N2O3/c1-6-8-9-10-11-12-13-14-15-16-17-18-19-20-21-22-23-24-25-26-28(33)31-30(27-7-2,29(34)35)32(3,4)5/h14-15H,6-13,16-27H2,1-5H3,(H-,31,33,34,35)/p+1/b15-14+. The van der Waals surface area contributed by atoms with Crippen LogP contribution in [0.15, 0.2) is 12.2 Å². The van der Waals surface area contributed by atoms with Gasteiger partial charge in [0.25, 0.3) is 5.66 Å². The Balaban J connectivity index is 3.71. The number of allylic oxidation sites excluding steroid dienone is 2. The lowest BCUT2D eigenvalue weighted by molar-refractivity contribution is -0.917. The van der Waals surface area contributed by atoms with Crippen LogP contribution >= 0.6 is 0 Å². The summed E-state index contributed by atoms with van der Waals surface area (Å²) in [6.07, 6.45) is 27.9. The average Bonchev–Trinajstić information content (AvgIpc) is 2.79. The number of hydrogen-bond donors (Lipinski definition) is 2. The van der Waals surface area contributed by atoms with Crippen molar-refractivity contribution in [2.45, 2.75) is 148 Å². The molecule has 5 heteroatoms. The number of carbonyl (C=O) groups is 2. The van der Waals surface area contributed by atoms with Crippen LogP contribution in [0.3, 0.4) is 0 Å². The summed E-state index contributed by atoms with van der Waals surface area (Å²) in [4.78, 5) is 24.5. The molecule has 1 unspecified atom stereocenters. The molecule has 0 aliphatic heterocycles. The van der Waals surface area contributed by atoms with Gasteiger partial charge in [-0.05, 0) is 38.5 Å². The minimum atomic E-state index is -1.25. The van der Waals surface area contributed by atoms with Crippen molar-refractivity contribution < 1.29 is 19.2 Å². The summed E-state index contributed by atoms with van der Waals surface area (Å²) in [5.41, 5.74) is -1.25. The lowest BCUT2D eigenvalue weighted by atomic mass is 9.99. The minimum Gasteiger partial charge on any atom is -0.475 e. The van der Waals surface area contributed by atoms with Crippen molar-refractivity contribution in [1.29, 1.82) is 0 Å². The Hall–Kier alpha value is -1.36. The Kier molecular flexibility index (Phi) is 20.0. The van der Waals surface area contributed by atoms with Crippen LogP contribution < -0.4 is 5.32 Å². The van der Waals surface area contributed by atoms with Gasteiger partial charge in [-0.15, -0.1) is 0 Å². The van der Waals surface area contributed by atoms with E-state index in [1.165, 1.54) is 89.9 Å². The number of nitrogens with one attached hydrogen (secondary N) is 1. The third-order valence-electron chi connectivity index (χ3n) is 7.12. The molecule has 0 rings (SSSR count). The van der Waals surface area contributed by atoms with E-state index in [-0.39, 0.29) is 10.4 Å². The topological polar surface area (TPSA) is 66.4 Å². The van der Waals surface area contributed by atoms with Gasteiger partial charge >= 0.3 is 5.97 Å². The summed E-state index contributed by atoms with van der Waals surface area (Å²) >= 11 is 0. The average molecular weight is 496 g/mol. The summed E-state index contributed by atoms with van der Waals surface area (Å²) in [5, 5.41) is 12.7. The van der Waals surface area contributed by atoms with Gasteiger partial charge in [-0.25, -0.2) is 4.79 Å². The molecule has 1 atom stereocenters. The number of carboxylic acid groups (broad SMARTS) is 1. The predicted octanol–water partition coefficient (Wildman–Crippen LogP) is 7.99. The highest BCUT2D eigenvalue weighted by Crippen LogP contribution is 2.23. The molecule has 35 heavy (non-hydrogen) atoms. The predicted molar refractivity (Wildman–Crippen MR) is 149 cm³/mol. The maximum absolute atomic E-state index is 12.5. The molecule has 0 aliphatic carbocycles. The van der Waals surface area contributed by atoms with Crippen molar-refractivity contribution in [3.63, 3.8) is 0 Å². The van der Waals surface area contributed by atoms with E-state index in [1.807, 2.05) is 28.1 Å². The molecule has 0 spiro atoms. The summed E-state index contributed by atoms with van der Waals surface area (Å²) in [5.74, 6) is -1.10. The van der Waals surface area contributed by atoms with Crippen LogP contribution in [0.4, 0.5) is 0 Å². The number of aliphatic carboxylic acids is 1. The molecule has 0 fully saturated rings. The Morgan fingerprint density at radius 1 is 0.686 bits per heavy atom. The number of carboxylic acids is 1. The molecule has 0 aromatic heterocycles. The highest BCUT2D eigenvalue weighted by Gasteiger charge is 2.51. The molecular weight excluding hydrogens is 436 g/mol. The van der Waals surface area contributed by atoms with Crippen LogP contribution in [0.5, 0.6) is 0 Å². The van der Waals surface area contributed by atoms with Crippen molar-refractivity contribution in [1.82, 2.24) is 5.32 Å². The maximum atomic E-state index is 12.5. The van der Waals surface area contributed by atoms with Crippen LogP contribution in [-0.4, -0.2) is 48.3 Å². The Morgan fingerprint density at radius 3 is 1.51 bits per heavy atom. The largest absolute Gasteiger partial charge is 0.475 e. The first kappa shape index (κ1) is 33.6. The van der Waals surface area contributed by atoms with E-state index >= 15 is 0 Å². The van der Waals surface area contributed by atoms with E-state index < -0.39 is 11.6 Å². The van der Waals surface area contributed by atoms with E-state index in [9.17, 15) is 14.7 Å². The van der Waals surface area contributed by atoms with Gasteiger partial charge < -0.3 is 5.11 Å². The number of amides is 1. The number of unbranched alkanes of at least 4 members (excludes halogenated alkanes) is 15. The fraction of sp³-hybridized carbons (Fsp3) is 0.867. The van der Waals surface area contributed by atoms with Gasteiger partial charge in [-0.1, -0.05) is 103 Å². The summed E-state index contributed by atoms with van der Waals surface area (Å²) < 4.78 is 0.178. The lowest BCUT2D eigenvalue weighted by Gasteiger charge is -2.43. The number of likely N-dealkylation sites (N-methyl/N-ethyl adjacent to an activating group) is 1. The summed E-state index contributed by atoms with van der Waals surface area (Å²) in [7, 11) is 5.49. The second kappa shape index (κ2) is 20.8. The smallest absolute Gasteiger partial charge is 0.388 e. The first-order valence-electron chi connectivity index (χ1n) is 14.7. The second-order valence-electron chi connectivity index (χ2n) is 11.2. The van der Waals surface area contributed by atoms with Crippen LogP contribution in [0, 0.1) is 0 Å². The quantitative estimate of drug-likeness (QED) is 0.0617. The Labute approximate surface area is 217 Å². The molecule has 5 nitrogen and oxygen atoms in total. The molecule has 0 aromatic rings. The third kappa shape index (κ3) is 16.1. The maximum Gasteiger partial charge on any atom is 0.388 e. The molecular formula is C30H59N2O3+. The van der Waals surface area contributed by atoms with Crippen molar-refractivity contribution >= 4 is 11.9 Å². The molecule has 206 valence electrons. The van der Waals surface area contributed by atoms with Crippen LogP contribution in [-0.2, 0) is 9.59 Å². The van der Waals surface area contributed by atoms with Crippen molar-refractivity contribution in [3.05, 3.63) is 12.2 Å². The second-order valence-corrected chi connectivity index (χ2v) is 11.2. The number of quaternary nitrogens is 1. The zero-order chi connectivity index (χ0) is 26.4. The van der Waals surface area contributed by atoms with E-state index in [0.29, 0.717) is 19.3 Å². The van der Waals surface area contributed by atoms with Gasteiger partial charge in [-0.3, -0.25) is 14.6 Å². The molecule has 0 saturated heterocycles. The number of nitrogens with zero attached hydrogens (tertiary/aromatic N) is 1. The number of hydrogen-bond acceptors (Lipinski definition) is 2. The third-order valence-corrected chi connectivity index (χ3v) is 7.12. The van der Waals surface area contributed by atoms with Crippen LogP contribution in [0.25, 0.3) is 0 Å². The molecule has 2 N–H and O–H groups in total. The molecule has 0 bridgehead atoms. The van der Waals surface area contributed by atoms with Gasteiger partial charge in [0.05, 0.1) is 21.1 Å². The number of carbonyl (C=O) groups excluding carboxylic acids is 1. The fourth-order valence-corrected chi connectivity index (χ4v) is 4.73. The van der Waals surface area contributed by atoms with Crippen molar-refractivity contribution in [2.24, 2.45) is 0 Å². The van der Waals surface area contributed by atoms with Crippen LogP contribution in [0.2, 0.25) is 0 Å². The van der Waals surface area contributed by atoms with Gasteiger partial charge in [0.1, 0.15) is 0 Å². The first-order chi connectivity index (χ1) is 16.7. The highest BCUT2D eigenvalue weighted by molar-refractivity contribution is 5.85. The van der Waals surface area contributed by atoms with E-state index in [0.717, 1.165) is 19.3 Å².